The summed E-state index contributed by atoms with van der Waals surface area (Å²) in [5.74, 6) is 0.959. The van der Waals surface area contributed by atoms with Crippen LogP contribution in [-0.4, -0.2) is 93.2 Å². The Kier molecular flexibility index (Phi) is 5.82. The summed E-state index contributed by atoms with van der Waals surface area (Å²) in [6, 6.07) is 0. The van der Waals surface area contributed by atoms with Crippen LogP contribution in [0, 0.1) is 0 Å². The van der Waals surface area contributed by atoms with Crippen molar-refractivity contribution in [1.82, 2.24) is 15.1 Å². The smallest absolute Gasteiger partial charge is 0.193 e. The summed E-state index contributed by atoms with van der Waals surface area (Å²) in [4.78, 5) is 8.80. The standard InChI is InChI=1S/C16H32N4O3S/c1-15(2)13-23-10-8-20(15)7-6-18-14(17-5)19-9-11-24(21,22)16(3,4)12-19/h6-13H2,1-5H3,(H,17,18). The maximum absolute atomic E-state index is 12.1. The highest BCUT2D eigenvalue weighted by Crippen LogP contribution is 2.23. The van der Waals surface area contributed by atoms with Gasteiger partial charge in [0.15, 0.2) is 15.8 Å². The molecule has 0 aromatic carbocycles. The molecule has 1 N–H and O–H groups in total. The Labute approximate surface area is 146 Å². The van der Waals surface area contributed by atoms with E-state index in [-0.39, 0.29) is 11.3 Å². The molecule has 2 rings (SSSR count). The van der Waals surface area contributed by atoms with Crippen LogP contribution >= 0.6 is 0 Å². The van der Waals surface area contributed by atoms with E-state index in [9.17, 15) is 8.42 Å². The molecule has 2 fully saturated rings. The van der Waals surface area contributed by atoms with Gasteiger partial charge in [-0.05, 0) is 27.7 Å². The predicted molar refractivity (Wildman–Crippen MR) is 97.3 cm³/mol. The van der Waals surface area contributed by atoms with E-state index >= 15 is 0 Å². The molecular formula is C16H32N4O3S. The van der Waals surface area contributed by atoms with E-state index in [2.05, 4.69) is 29.1 Å². The van der Waals surface area contributed by atoms with Crippen LogP contribution in [0.15, 0.2) is 4.99 Å². The van der Waals surface area contributed by atoms with Gasteiger partial charge in [0.2, 0.25) is 0 Å². The molecule has 0 saturated carbocycles. The topological polar surface area (TPSA) is 74.2 Å². The predicted octanol–water partition coefficient (Wildman–Crippen LogP) is 0.182. The van der Waals surface area contributed by atoms with E-state index in [0.29, 0.717) is 13.1 Å². The molecule has 0 atom stereocenters. The van der Waals surface area contributed by atoms with E-state index in [0.717, 1.165) is 38.8 Å². The maximum atomic E-state index is 12.1. The van der Waals surface area contributed by atoms with Gasteiger partial charge < -0.3 is 15.0 Å². The Morgan fingerprint density at radius 3 is 2.54 bits per heavy atom. The van der Waals surface area contributed by atoms with Gasteiger partial charge >= 0.3 is 0 Å². The van der Waals surface area contributed by atoms with E-state index in [1.165, 1.54) is 0 Å². The van der Waals surface area contributed by atoms with Crippen molar-refractivity contribution in [3.8, 4) is 0 Å². The van der Waals surface area contributed by atoms with Gasteiger partial charge in [0, 0.05) is 45.3 Å². The normalized spacial score (nSPS) is 27.0. The van der Waals surface area contributed by atoms with E-state index < -0.39 is 14.6 Å². The Balaban J connectivity index is 1.89. The maximum Gasteiger partial charge on any atom is 0.193 e. The zero-order chi connectivity index (χ0) is 18.0. The van der Waals surface area contributed by atoms with Gasteiger partial charge in [-0.2, -0.15) is 0 Å². The summed E-state index contributed by atoms with van der Waals surface area (Å²) in [6.45, 7) is 13.1. The Hall–Kier alpha value is -0.860. The average molecular weight is 361 g/mol. The highest BCUT2D eigenvalue weighted by atomic mass is 32.2. The molecule has 0 radical (unpaired) electrons. The molecule has 8 heteroatoms. The first-order valence-electron chi connectivity index (χ1n) is 8.60. The lowest BCUT2D eigenvalue weighted by atomic mass is 10.0. The number of ether oxygens (including phenoxy) is 1. The quantitative estimate of drug-likeness (QED) is 0.572. The van der Waals surface area contributed by atoms with Crippen molar-refractivity contribution in [2.45, 2.75) is 38.0 Å². The molecule has 2 aliphatic rings. The van der Waals surface area contributed by atoms with Crippen LogP contribution in [-0.2, 0) is 14.6 Å². The lowest BCUT2D eigenvalue weighted by Gasteiger charge is -2.42. The van der Waals surface area contributed by atoms with Gasteiger partial charge in [0.1, 0.15) is 0 Å². The van der Waals surface area contributed by atoms with Crippen molar-refractivity contribution in [2.24, 2.45) is 4.99 Å². The third kappa shape index (κ3) is 4.21. The molecule has 0 unspecified atom stereocenters. The largest absolute Gasteiger partial charge is 0.378 e. The number of nitrogens with zero attached hydrogens (tertiary/aromatic N) is 3. The summed E-state index contributed by atoms with van der Waals surface area (Å²) >= 11 is 0. The minimum atomic E-state index is -3.04. The van der Waals surface area contributed by atoms with Crippen molar-refractivity contribution in [1.29, 1.82) is 0 Å². The first-order valence-corrected chi connectivity index (χ1v) is 10.2. The number of nitrogens with one attached hydrogen (secondary N) is 1. The molecule has 0 aliphatic carbocycles. The molecule has 0 bridgehead atoms. The van der Waals surface area contributed by atoms with E-state index in [4.69, 9.17) is 4.74 Å². The third-order valence-electron chi connectivity index (χ3n) is 5.04. The number of hydrogen-bond donors (Lipinski definition) is 1. The van der Waals surface area contributed by atoms with Crippen LogP contribution in [0.1, 0.15) is 27.7 Å². The number of aliphatic imine (C=N–C) groups is 1. The van der Waals surface area contributed by atoms with Gasteiger partial charge in [-0.3, -0.25) is 9.89 Å². The molecule has 0 spiro atoms. The second-order valence-corrected chi connectivity index (χ2v) is 10.6. The minimum Gasteiger partial charge on any atom is -0.378 e. The van der Waals surface area contributed by atoms with Crippen molar-refractivity contribution < 1.29 is 13.2 Å². The Bertz CT molecular complexity index is 572. The highest BCUT2D eigenvalue weighted by Gasteiger charge is 2.41. The Morgan fingerprint density at radius 1 is 1.25 bits per heavy atom. The van der Waals surface area contributed by atoms with Crippen LogP contribution in [0.2, 0.25) is 0 Å². The van der Waals surface area contributed by atoms with Gasteiger partial charge in [0.05, 0.1) is 23.7 Å². The van der Waals surface area contributed by atoms with E-state index in [1.54, 1.807) is 20.9 Å². The molecular weight excluding hydrogens is 328 g/mol. The fraction of sp³-hybridized carbons (Fsp3) is 0.938. The molecule has 7 nitrogen and oxygen atoms in total. The summed E-state index contributed by atoms with van der Waals surface area (Å²) in [5, 5.41) is 3.39. The van der Waals surface area contributed by atoms with Crippen molar-refractivity contribution in [3.63, 3.8) is 0 Å². The van der Waals surface area contributed by atoms with Crippen LogP contribution in [0.4, 0.5) is 0 Å². The zero-order valence-corrected chi connectivity index (χ0v) is 16.4. The molecule has 140 valence electrons. The molecule has 0 amide bonds. The van der Waals surface area contributed by atoms with Crippen LogP contribution in [0.25, 0.3) is 0 Å². The van der Waals surface area contributed by atoms with Gasteiger partial charge in [0.25, 0.3) is 0 Å². The number of rotatable bonds is 3. The second kappa shape index (κ2) is 7.17. The van der Waals surface area contributed by atoms with Gasteiger partial charge in [-0.25, -0.2) is 8.42 Å². The zero-order valence-electron chi connectivity index (χ0n) is 15.6. The third-order valence-corrected chi connectivity index (χ3v) is 7.57. The second-order valence-electron chi connectivity index (χ2n) is 7.83. The molecule has 0 aromatic rings. The fourth-order valence-electron chi connectivity index (χ4n) is 3.26. The monoisotopic (exact) mass is 360 g/mol. The molecule has 2 aliphatic heterocycles. The summed E-state index contributed by atoms with van der Waals surface area (Å²) in [6.07, 6.45) is 0. The average Bonchev–Trinajstić information content (AvgIpc) is 2.48. The first-order chi connectivity index (χ1) is 11.1. The van der Waals surface area contributed by atoms with Crippen molar-refractivity contribution in [2.75, 3.05) is 58.7 Å². The lowest BCUT2D eigenvalue weighted by Crippen LogP contribution is -2.58. The molecule has 24 heavy (non-hydrogen) atoms. The van der Waals surface area contributed by atoms with E-state index in [1.807, 2.05) is 4.90 Å². The number of sulfone groups is 1. The van der Waals surface area contributed by atoms with Gasteiger partial charge in [-0.1, -0.05) is 0 Å². The molecule has 2 saturated heterocycles. The summed E-state index contributed by atoms with van der Waals surface area (Å²) in [5.41, 5.74) is 0.0463. The number of morpholine rings is 1. The van der Waals surface area contributed by atoms with Crippen LogP contribution in [0.5, 0.6) is 0 Å². The van der Waals surface area contributed by atoms with Crippen molar-refractivity contribution >= 4 is 15.8 Å². The minimum absolute atomic E-state index is 0.0463. The number of hydrogen-bond acceptors (Lipinski definition) is 5. The summed E-state index contributed by atoms with van der Waals surface area (Å²) in [7, 11) is -1.29. The molecule has 0 aromatic heterocycles. The SMILES string of the molecule is CN=C(NCCN1CCOCC1(C)C)N1CCS(=O)(=O)C(C)(C)C1. The number of guanidine groups is 1. The lowest BCUT2D eigenvalue weighted by molar-refractivity contribution is -0.0496. The first kappa shape index (κ1) is 19.5. The highest BCUT2D eigenvalue weighted by molar-refractivity contribution is 7.92. The van der Waals surface area contributed by atoms with Crippen LogP contribution < -0.4 is 5.32 Å². The summed E-state index contributed by atoms with van der Waals surface area (Å²) < 4.78 is 29.1. The van der Waals surface area contributed by atoms with Gasteiger partial charge in [-0.15, -0.1) is 0 Å². The molecule has 2 heterocycles. The fourth-order valence-corrected chi connectivity index (χ4v) is 4.63. The van der Waals surface area contributed by atoms with Crippen LogP contribution in [0.3, 0.4) is 0 Å². The van der Waals surface area contributed by atoms with Crippen molar-refractivity contribution in [3.05, 3.63) is 0 Å². The Morgan fingerprint density at radius 2 is 1.96 bits per heavy atom.